The number of ether oxygens (including phenoxy) is 1. The molecule has 1 saturated heterocycles. The van der Waals surface area contributed by atoms with Crippen molar-refractivity contribution in [2.75, 3.05) is 7.11 Å². The van der Waals surface area contributed by atoms with Gasteiger partial charge in [0, 0.05) is 16.1 Å². The van der Waals surface area contributed by atoms with E-state index in [1.807, 2.05) is 30.3 Å². The monoisotopic (exact) mass is 468 g/mol. The zero-order valence-corrected chi connectivity index (χ0v) is 18.6. The first kappa shape index (κ1) is 21.9. The van der Waals surface area contributed by atoms with Gasteiger partial charge in [-0.15, -0.1) is 10.1 Å². The Hall–Kier alpha value is -3.35. The number of halogens is 2. The van der Waals surface area contributed by atoms with Gasteiger partial charge in [0.05, 0.1) is 17.7 Å². The lowest BCUT2D eigenvalue weighted by molar-refractivity contribution is -0.596. The summed E-state index contributed by atoms with van der Waals surface area (Å²) < 4.78 is 6.90. The van der Waals surface area contributed by atoms with Gasteiger partial charge in [-0.25, -0.2) is 0 Å². The second-order valence-corrected chi connectivity index (χ2v) is 8.06. The molecular weight excluding hydrogens is 449 g/mol. The van der Waals surface area contributed by atoms with Gasteiger partial charge in [0.2, 0.25) is 12.3 Å². The minimum absolute atomic E-state index is 0.337. The van der Waals surface area contributed by atoms with E-state index < -0.39 is 12.1 Å². The van der Waals surface area contributed by atoms with Gasteiger partial charge in [0.15, 0.2) is 6.04 Å². The highest BCUT2D eigenvalue weighted by Crippen LogP contribution is 2.28. The van der Waals surface area contributed by atoms with Crippen molar-refractivity contribution in [1.29, 1.82) is 0 Å². The third-order valence-electron chi connectivity index (χ3n) is 5.16. The van der Waals surface area contributed by atoms with E-state index in [2.05, 4.69) is 10.7 Å². The molecule has 162 valence electrons. The Balaban J connectivity index is 1.73. The minimum Gasteiger partial charge on any atom is -0.497 e. The van der Waals surface area contributed by atoms with Gasteiger partial charge in [-0.3, -0.25) is 9.59 Å². The molecule has 1 fully saturated rings. The van der Waals surface area contributed by atoms with E-state index in [-0.39, 0.29) is 11.8 Å². The lowest BCUT2D eigenvalue weighted by atomic mass is 9.99. The maximum absolute atomic E-state index is 12.9. The molecule has 0 saturated carbocycles. The van der Waals surface area contributed by atoms with Crippen LogP contribution in [-0.4, -0.2) is 35.9 Å². The molecular formula is C24H20Cl2N3O3+. The maximum atomic E-state index is 12.9. The summed E-state index contributed by atoms with van der Waals surface area (Å²) in [5.74, 6) is 0.0132. The van der Waals surface area contributed by atoms with E-state index in [0.717, 1.165) is 5.56 Å². The first-order valence-electron chi connectivity index (χ1n) is 9.85. The molecule has 0 aromatic heterocycles. The number of methoxy groups -OCH3 is 1. The number of rotatable bonds is 5. The average molecular weight is 469 g/mol. The SMILES string of the molecule is COc1ccc([C@@H]2[C@H](NC(=O)c3ccccc3)C(=O)N/[N+]2=C\c2ccc(Cl)cc2Cl)cc1. The van der Waals surface area contributed by atoms with Crippen molar-refractivity contribution in [3.8, 4) is 5.75 Å². The molecule has 2 N–H and O–H groups in total. The summed E-state index contributed by atoms with van der Waals surface area (Å²) in [6.45, 7) is 0. The molecule has 0 unspecified atom stereocenters. The first-order chi connectivity index (χ1) is 15.5. The highest BCUT2D eigenvalue weighted by Gasteiger charge is 2.47. The lowest BCUT2D eigenvalue weighted by Gasteiger charge is -2.15. The van der Waals surface area contributed by atoms with Crippen molar-refractivity contribution in [2.45, 2.75) is 12.1 Å². The minimum atomic E-state index is -0.835. The van der Waals surface area contributed by atoms with Crippen LogP contribution in [0.4, 0.5) is 0 Å². The molecule has 6 nitrogen and oxygen atoms in total. The molecule has 1 heterocycles. The molecule has 1 aliphatic heterocycles. The van der Waals surface area contributed by atoms with Crippen molar-refractivity contribution < 1.29 is 19.0 Å². The van der Waals surface area contributed by atoms with E-state index in [1.54, 1.807) is 60.5 Å². The van der Waals surface area contributed by atoms with E-state index in [4.69, 9.17) is 27.9 Å². The number of hydrazine groups is 1. The van der Waals surface area contributed by atoms with Crippen LogP contribution in [0.2, 0.25) is 10.0 Å². The summed E-state index contributed by atoms with van der Waals surface area (Å²) in [6.07, 6.45) is 1.72. The van der Waals surface area contributed by atoms with Crippen LogP contribution in [0.5, 0.6) is 5.75 Å². The van der Waals surface area contributed by atoms with Crippen molar-refractivity contribution in [2.24, 2.45) is 0 Å². The van der Waals surface area contributed by atoms with Crippen LogP contribution in [0.15, 0.2) is 72.8 Å². The van der Waals surface area contributed by atoms with Crippen LogP contribution in [0.25, 0.3) is 0 Å². The summed E-state index contributed by atoms with van der Waals surface area (Å²) >= 11 is 12.3. The summed E-state index contributed by atoms with van der Waals surface area (Å²) in [5, 5.41) is 3.82. The number of hydrazone groups is 1. The Morgan fingerprint density at radius 2 is 1.78 bits per heavy atom. The van der Waals surface area contributed by atoms with Gasteiger partial charge in [-0.1, -0.05) is 41.4 Å². The number of carbonyl (C=O) groups is 2. The predicted molar refractivity (Wildman–Crippen MR) is 123 cm³/mol. The van der Waals surface area contributed by atoms with Crippen molar-refractivity contribution >= 4 is 41.2 Å². The normalized spacial score (nSPS) is 19.0. The quantitative estimate of drug-likeness (QED) is 0.555. The predicted octanol–water partition coefficient (Wildman–Crippen LogP) is 4.02. The summed E-state index contributed by atoms with van der Waals surface area (Å²) in [4.78, 5) is 25.7. The summed E-state index contributed by atoms with van der Waals surface area (Å²) in [6, 6.07) is 19.8. The summed E-state index contributed by atoms with van der Waals surface area (Å²) in [7, 11) is 1.58. The maximum Gasteiger partial charge on any atom is 0.304 e. The van der Waals surface area contributed by atoms with Crippen molar-refractivity contribution in [1.82, 2.24) is 10.7 Å². The van der Waals surface area contributed by atoms with Gasteiger partial charge >= 0.3 is 5.91 Å². The number of hydrogen-bond acceptors (Lipinski definition) is 3. The van der Waals surface area contributed by atoms with Gasteiger partial charge in [-0.2, -0.15) is 0 Å². The van der Waals surface area contributed by atoms with E-state index in [9.17, 15) is 9.59 Å². The fraction of sp³-hybridized carbons (Fsp3) is 0.125. The van der Waals surface area contributed by atoms with E-state index in [0.29, 0.717) is 26.9 Å². The van der Waals surface area contributed by atoms with Crippen molar-refractivity contribution in [3.63, 3.8) is 0 Å². The Morgan fingerprint density at radius 3 is 2.44 bits per heavy atom. The zero-order valence-electron chi connectivity index (χ0n) is 17.1. The molecule has 2 amide bonds. The van der Waals surface area contributed by atoms with Crippen LogP contribution in [-0.2, 0) is 4.79 Å². The first-order valence-corrected chi connectivity index (χ1v) is 10.6. The van der Waals surface area contributed by atoms with Crippen LogP contribution >= 0.6 is 23.2 Å². The molecule has 1 aliphatic rings. The number of nitrogens with one attached hydrogen (secondary N) is 2. The standard InChI is InChI=1S/C24H19Cl2N3O3/c1-32-19-11-8-15(9-12-19)22-21(27-23(30)16-5-3-2-4-6-16)24(31)28-29(22)14-17-7-10-18(25)13-20(17)26/h2-14,21-22H,1H3,(H-,27,28,30,31)/p+1/b29-14-/t21-,22+/m0/s1. The van der Waals surface area contributed by atoms with Crippen molar-refractivity contribution in [3.05, 3.63) is 99.5 Å². The molecule has 8 heteroatoms. The second kappa shape index (κ2) is 9.42. The van der Waals surface area contributed by atoms with Gasteiger partial charge < -0.3 is 10.1 Å². The Labute approximate surface area is 195 Å². The molecule has 3 aromatic rings. The van der Waals surface area contributed by atoms with Gasteiger partial charge in [-0.05, 0) is 54.6 Å². The Morgan fingerprint density at radius 1 is 1.06 bits per heavy atom. The van der Waals surface area contributed by atoms with Crippen LogP contribution < -0.4 is 15.5 Å². The second-order valence-electron chi connectivity index (χ2n) is 7.21. The molecule has 4 rings (SSSR count). The largest absolute Gasteiger partial charge is 0.497 e. The molecule has 3 aromatic carbocycles. The van der Waals surface area contributed by atoms with E-state index >= 15 is 0 Å². The third-order valence-corrected chi connectivity index (χ3v) is 5.72. The van der Waals surface area contributed by atoms with Crippen LogP contribution in [0, 0.1) is 0 Å². The fourth-order valence-electron chi connectivity index (χ4n) is 3.55. The van der Waals surface area contributed by atoms with Gasteiger partial charge in [0.25, 0.3) is 5.91 Å². The number of hydrogen-bond donors (Lipinski definition) is 2. The third kappa shape index (κ3) is 4.61. The highest BCUT2D eigenvalue weighted by atomic mass is 35.5. The number of carbonyl (C=O) groups excluding carboxylic acids is 2. The number of nitrogens with zero attached hydrogens (tertiary/aromatic N) is 1. The smallest absolute Gasteiger partial charge is 0.304 e. The van der Waals surface area contributed by atoms with E-state index in [1.165, 1.54) is 0 Å². The number of amides is 2. The van der Waals surface area contributed by atoms with Gasteiger partial charge in [0.1, 0.15) is 5.75 Å². The van der Waals surface area contributed by atoms with Crippen LogP contribution in [0.3, 0.4) is 0 Å². The molecule has 0 bridgehead atoms. The lowest BCUT2D eigenvalue weighted by Crippen LogP contribution is -2.42. The molecule has 32 heavy (non-hydrogen) atoms. The Bertz CT molecular complexity index is 1180. The molecule has 0 radical (unpaired) electrons. The zero-order chi connectivity index (χ0) is 22.7. The summed E-state index contributed by atoms with van der Waals surface area (Å²) in [5.41, 5.74) is 4.78. The molecule has 0 aliphatic carbocycles. The molecule has 2 atom stereocenters. The average Bonchev–Trinajstić information content (AvgIpc) is 3.10. The molecule has 0 spiro atoms. The fourth-order valence-corrected chi connectivity index (χ4v) is 4.01. The topological polar surface area (TPSA) is 70.4 Å². The Kier molecular flexibility index (Phi) is 6.44. The van der Waals surface area contributed by atoms with Crippen LogP contribution in [0.1, 0.15) is 27.5 Å². The number of benzene rings is 3. The highest BCUT2D eigenvalue weighted by molar-refractivity contribution is 6.36.